The number of carbonyl (C=O) groups is 1. The van der Waals surface area contributed by atoms with E-state index in [1.807, 2.05) is 19.9 Å². The van der Waals surface area contributed by atoms with Crippen molar-refractivity contribution in [1.29, 1.82) is 0 Å². The summed E-state index contributed by atoms with van der Waals surface area (Å²) in [6, 6.07) is 5.12. The van der Waals surface area contributed by atoms with E-state index in [2.05, 4.69) is 0 Å². The van der Waals surface area contributed by atoms with Crippen molar-refractivity contribution in [2.45, 2.75) is 39.0 Å². The average Bonchev–Trinajstić information content (AvgIpc) is 2.29. The molecule has 0 aromatic heterocycles. The molecule has 1 aliphatic heterocycles. The van der Waals surface area contributed by atoms with Gasteiger partial charge in [0.1, 0.15) is 5.82 Å². The second-order valence-corrected chi connectivity index (χ2v) is 4.86. The van der Waals surface area contributed by atoms with Gasteiger partial charge in [-0.15, -0.1) is 0 Å². The Morgan fingerprint density at radius 2 is 2.06 bits per heavy atom. The van der Waals surface area contributed by atoms with Gasteiger partial charge >= 0.3 is 0 Å². The van der Waals surface area contributed by atoms with Crippen LogP contribution in [0.4, 0.5) is 10.1 Å². The molecule has 1 aliphatic rings. The lowest BCUT2D eigenvalue weighted by Crippen LogP contribution is -2.35. The minimum Gasteiger partial charge on any atom is -0.312 e. The largest absolute Gasteiger partial charge is 0.312 e. The summed E-state index contributed by atoms with van der Waals surface area (Å²) in [6.45, 7) is 4.63. The number of carbonyl (C=O) groups excluding carboxylic acids is 1. The second kappa shape index (κ2) is 4.86. The molecule has 17 heavy (non-hydrogen) atoms. The summed E-state index contributed by atoms with van der Waals surface area (Å²) in [5, 5.41) is 0. The molecule has 1 fully saturated rings. The van der Waals surface area contributed by atoms with Gasteiger partial charge in [-0.1, -0.05) is 19.9 Å². The highest BCUT2D eigenvalue weighted by Gasteiger charge is 2.20. The zero-order valence-electron chi connectivity index (χ0n) is 10.4. The summed E-state index contributed by atoms with van der Waals surface area (Å²) >= 11 is 0. The third-order valence-electron chi connectivity index (χ3n) is 3.24. The van der Waals surface area contributed by atoms with Crippen LogP contribution in [0.2, 0.25) is 0 Å². The molecule has 3 heteroatoms. The summed E-state index contributed by atoms with van der Waals surface area (Å²) in [6.07, 6.45) is 2.52. The maximum absolute atomic E-state index is 13.8. The maximum atomic E-state index is 13.8. The third kappa shape index (κ3) is 2.48. The summed E-state index contributed by atoms with van der Waals surface area (Å²) in [7, 11) is 0. The molecule has 2 rings (SSSR count). The number of nitrogens with zero attached hydrogens (tertiary/aromatic N) is 1. The molecule has 1 amide bonds. The molecule has 0 bridgehead atoms. The fraction of sp³-hybridized carbons (Fsp3) is 0.500. The van der Waals surface area contributed by atoms with Crippen LogP contribution in [-0.2, 0) is 4.79 Å². The van der Waals surface area contributed by atoms with Crippen LogP contribution in [0.1, 0.15) is 44.6 Å². The summed E-state index contributed by atoms with van der Waals surface area (Å²) < 4.78 is 13.8. The Morgan fingerprint density at radius 1 is 1.29 bits per heavy atom. The predicted molar refractivity (Wildman–Crippen MR) is 66.7 cm³/mol. The lowest BCUT2D eigenvalue weighted by Gasteiger charge is -2.27. The number of hydrogen-bond donors (Lipinski definition) is 0. The second-order valence-electron chi connectivity index (χ2n) is 4.86. The number of amides is 1. The van der Waals surface area contributed by atoms with Gasteiger partial charge in [-0.05, 0) is 36.5 Å². The van der Waals surface area contributed by atoms with E-state index in [9.17, 15) is 9.18 Å². The molecule has 0 spiro atoms. The van der Waals surface area contributed by atoms with Crippen molar-refractivity contribution < 1.29 is 9.18 Å². The normalized spacial score (nSPS) is 16.7. The average molecular weight is 235 g/mol. The fourth-order valence-electron chi connectivity index (χ4n) is 2.23. The molecular weight excluding hydrogens is 217 g/mol. The molecule has 0 aliphatic carbocycles. The van der Waals surface area contributed by atoms with Gasteiger partial charge in [0.05, 0.1) is 0 Å². The molecule has 0 N–H and O–H groups in total. The SMILES string of the molecule is CC(C)c1ccc(N2CCCCC2=O)cc1F. The van der Waals surface area contributed by atoms with E-state index in [0.717, 1.165) is 12.8 Å². The summed E-state index contributed by atoms with van der Waals surface area (Å²) in [5.41, 5.74) is 1.40. The Morgan fingerprint density at radius 3 is 2.65 bits per heavy atom. The van der Waals surface area contributed by atoms with Crippen LogP contribution in [0.25, 0.3) is 0 Å². The number of anilines is 1. The molecule has 1 heterocycles. The van der Waals surface area contributed by atoms with E-state index in [0.29, 0.717) is 24.2 Å². The zero-order valence-corrected chi connectivity index (χ0v) is 10.4. The van der Waals surface area contributed by atoms with Gasteiger partial charge in [-0.3, -0.25) is 4.79 Å². The molecule has 92 valence electrons. The molecule has 2 nitrogen and oxygen atoms in total. The van der Waals surface area contributed by atoms with Crippen molar-refractivity contribution in [3.63, 3.8) is 0 Å². The molecule has 0 radical (unpaired) electrons. The van der Waals surface area contributed by atoms with Gasteiger partial charge in [-0.25, -0.2) is 4.39 Å². The standard InChI is InChI=1S/C14H18FNO/c1-10(2)12-7-6-11(9-13(12)15)16-8-4-3-5-14(16)17/h6-7,9-10H,3-5,8H2,1-2H3. The van der Waals surface area contributed by atoms with Crippen LogP contribution in [0.5, 0.6) is 0 Å². The number of halogens is 1. The topological polar surface area (TPSA) is 20.3 Å². The first-order valence-corrected chi connectivity index (χ1v) is 6.19. The van der Waals surface area contributed by atoms with Crippen LogP contribution in [0.15, 0.2) is 18.2 Å². The Labute approximate surface area is 101 Å². The van der Waals surface area contributed by atoms with Crippen LogP contribution in [0.3, 0.4) is 0 Å². The van der Waals surface area contributed by atoms with Crippen LogP contribution in [0, 0.1) is 5.82 Å². The Kier molecular flexibility index (Phi) is 3.46. The monoisotopic (exact) mass is 235 g/mol. The quantitative estimate of drug-likeness (QED) is 0.768. The van der Waals surface area contributed by atoms with Gasteiger partial charge in [0, 0.05) is 18.7 Å². The minimum absolute atomic E-state index is 0.105. The molecule has 0 unspecified atom stereocenters. The number of piperidine rings is 1. The highest BCUT2D eigenvalue weighted by Crippen LogP contribution is 2.26. The first-order chi connectivity index (χ1) is 8.09. The van der Waals surface area contributed by atoms with Gasteiger partial charge in [0.15, 0.2) is 0 Å². The van der Waals surface area contributed by atoms with Crippen LogP contribution >= 0.6 is 0 Å². The van der Waals surface area contributed by atoms with Gasteiger partial charge < -0.3 is 4.90 Å². The smallest absolute Gasteiger partial charge is 0.226 e. The van der Waals surface area contributed by atoms with Crippen molar-refractivity contribution >= 4 is 11.6 Å². The Balaban J connectivity index is 2.27. The van der Waals surface area contributed by atoms with Gasteiger partial charge in [0.2, 0.25) is 5.91 Å². The van der Waals surface area contributed by atoms with Crippen molar-refractivity contribution in [3.8, 4) is 0 Å². The predicted octanol–water partition coefficient (Wildman–Crippen LogP) is 3.47. The minimum atomic E-state index is -0.212. The third-order valence-corrected chi connectivity index (χ3v) is 3.24. The Bertz CT molecular complexity index is 428. The van der Waals surface area contributed by atoms with E-state index in [4.69, 9.17) is 0 Å². The first-order valence-electron chi connectivity index (χ1n) is 6.19. The Hall–Kier alpha value is -1.38. The maximum Gasteiger partial charge on any atom is 0.226 e. The molecule has 1 aromatic carbocycles. The highest BCUT2D eigenvalue weighted by molar-refractivity contribution is 5.93. The first kappa shape index (κ1) is 12.1. The van der Waals surface area contributed by atoms with E-state index >= 15 is 0 Å². The molecule has 1 aromatic rings. The molecule has 0 atom stereocenters. The zero-order chi connectivity index (χ0) is 12.4. The fourth-order valence-corrected chi connectivity index (χ4v) is 2.23. The number of benzene rings is 1. The molecule has 1 saturated heterocycles. The summed E-state index contributed by atoms with van der Waals surface area (Å²) in [5.74, 6) is 0.0601. The number of hydrogen-bond acceptors (Lipinski definition) is 1. The highest BCUT2D eigenvalue weighted by atomic mass is 19.1. The van der Waals surface area contributed by atoms with E-state index in [-0.39, 0.29) is 17.6 Å². The van der Waals surface area contributed by atoms with Crippen molar-refractivity contribution in [2.24, 2.45) is 0 Å². The molecular formula is C14H18FNO. The van der Waals surface area contributed by atoms with E-state index in [1.165, 1.54) is 6.07 Å². The van der Waals surface area contributed by atoms with E-state index in [1.54, 1.807) is 11.0 Å². The van der Waals surface area contributed by atoms with Crippen LogP contribution in [-0.4, -0.2) is 12.5 Å². The lowest BCUT2D eigenvalue weighted by atomic mass is 10.0. The van der Waals surface area contributed by atoms with Crippen LogP contribution < -0.4 is 4.90 Å². The van der Waals surface area contributed by atoms with E-state index < -0.39 is 0 Å². The molecule has 0 saturated carbocycles. The van der Waals surface area contributed by atoms with Gasteiger partial charge in [0.25, 0.3) is 0 Å². The van der Waals surface area contributed by atoms with Gasteiger partial charge in [-0.2, -0.15) is 0 Å². The number of rotatable bonds is 2. The van der Waals surface area contributed by atoms with Crippen molar-refractivity contribution in [1.82, 2.24) is 0 Å². The lowest BCUT2D eigenvalue weighted by molar-refractivity contribution is -0.119. The van der Waals surface area contributed by atoms with Crippen molar-refractivity contribution in [2.75, 3.05) is 11.4 Å². The van der Waals surface area contributed by atoms with Crippen molar-refractivity contribution in [3.05, 3.63) is 29.6 Å². The summed E-state index contributed by atoms with van der Waals surface area (Å²) in [4.78, 5) is 13.4.